The van der Waals surface area contributed by atoms with Crippen LogP contribution in [0.3, 0.4) is 0 Å². The van der Waals surface area contributed by atoms with Crippen molar-refractivity contribution in [1.82, 2.24) is 5.53 Å². The van der Waals surface area contributed by atoms with Gasteiger partial charge in [0.2, 0.25) is 0 Å². The molecule has 4 nitrogen and oxygen atoms in total. The molecule has 1 aromatic carbocycles. The van der Waals surface area contributed by atoms with E-state index in [1.54, 1.807) is 0 Å². The Labute approximate surface area is 103 Å². The van der Waals surface area contributed by atoms with Crippen molar-refractivity contribution in [3.63, 3.8) is 0 Å². The van der Waals surface area contributed by atoms with Crippen LogP contribution in [0.25, 0.3) is 0 Å². The van der Waals surface area contributed by atoms with E-state index in [1.807, 2.05) is 6.07 Å². The molecule has 0 radical (unpaired) electrons. The smallest absolute Gasteiger partial charge is 0.146 e. The molecule has 1 saturated heterocycles. The Kier molecular flexibility index (Phi) is 2.75. The predicted molar refractivity (Wildman–Crippen MR) is 67.0 cm³/mol. The van der Waals surface area contributed by atoms with Gasteiger partial charge in [0, 0.05) is 11.1 Å². The number of rotatable bonds is 1. The standard InChI is InChI=1S/C11H14BrN3O/c12-8-4-5-10-9(7-8)13-14-15(10)11-3-1-2-6-16-11/h4-5,7,11,13-14H,1-3,6H2. The maximum absolute atomic E-state index is 5.76. The van der Waals surface area contributed by atoms with E-state index in [0.29, 0.717) is 0 Å². The van der Waals surface area contributed by atoms with Gasteiger partial charge in [0.05, 0.1) is 11.4 Å². The van der Waals surface area contributed by atoms with Crippen LogP contribution in [0.4, 0.5) is 11.4 Å². The summed E-state index contributed by atoms with van der Waals surface area (Å²) in [5.74, 6) is 0. The summed E-state index contributed by atoms with van der Waals surface area (Å²) in [5, 5.41) is 2.07. The summed E-state index contributed by atoms with van der Waals surface area (Å²) in [5.41, 5.74) is 8.55. The maximum Gasteiger partial charge on any atom is 0.146 e. The van der Waals surface area contributed by atoms with Gasteiger partial charge >= 0.3 is 0 Å². The van der Waals surface area contributed by atoms with Crippen LogP contribution in [0.2, 0.25) is 0 Å². The molecule has 2 aliphatic rings. The van der Waals surface area contributed by atoms with Crippen LogP contribution in [0, 0.1) is 0 Å². The number of hydrogen-bond acceptors (Lipinski definition) is 4. The largest absolute Gasteiger partial charge is 0.357 e. The second kappa shape index (κ2) is 4.24. The molecule has 1 aromatic rings. The number of fused-ring (bicyclic) bond motifs is 1. The zero-order valence-corrected chi connectivity index (χ0v) is 10.5. The molecule has 86 valence electrons. The van der Waals surface area contributed by atoms with Crippen LogP contribution < -0.4 is 16.0 Å². The van der Waals surface area contributed by atoms with E-state index in [1.165, 1.54) is 12.8 Å². The molecule has 0 saturated carbocycles. The highest BCUT2D eigenvalue weighted by molar-refractivity contribution is 9.10. The van der Waals surface area contributed by atoms with Crippen molar-refractivity contribution >= 4 is 27.3 Å². The van der Waals surface area contributed by atoms with Crippen molar-refractivity contribution in [2.24, 2.45) is 0 Å². The summed E-state index contributed by atoms with van der Waals surface area (Å²) in [6, 6.07) is 6.19. The Morgan fingerprint density at radius 3 is 3.12 bits per heavy atom. The van der Waals surface area contributed by atoms with Crippen molar-refractivity contribution in [3.05, 3.63) is 22.7 Å². The second-order valence-corrected chi connectivity index (χ2v) is 5.01. The van der Waals surface area contributed by atoms with Crippen molar-refractivity contribution in [1.29, 1.82) is 0 Å². The highest BCUT2D eigenvalue weighted by atomic mass is 79.9. The summed E-state index contributed by atoms with van der Waals surface area (Å²) in [4.78, 5) is 0. The van der Waals surface area contributed by atoms with E-state index >= 15 is 0 Å². The topological polar surface area (TPSA) is 36.5 Å². The summed E-state index contributed by atoms with van der Waals surface area (Å²) in [6.45, 7) is 0.856. The Balaban J connectivity index is 1.84. The number of halogens is 1. The fourth-order valence-electron chi connectivity index (χ4n) is 2.15. The SMILES string of the molecule is Brc1ccc2c(c1)NNN2C1CCCCO1. The third kappa shape index (κ3) is 1.79. The van der Waals surface area contributed by atoms with Gasteiger partial charge in [0.15, 0.2) is 0 Å². The van der Waals surface area contributed by atoms with Gasteiger partial charge in [0.25, 0.3) is 0 Å². The van der Waals surface area contributed by atoms with Crippen molar-refractivity contribution in [2.45, 2.75) is 25.5 Å². The number of anilines is 2. The molecule has 0 spiro atoms. The molecule has 5 heteroatoms. The molecule has 1 fully saturated rings. The molecule has 1 unspecified atom stereocenters. The van der Waals surface area contributed by atoms with Gasteiger partial charge in [-0.1, -0.05) is 15.9 Å². The van der Waals surface area contributed by atoms with Crippen molar-refractivity contribution in [3.8, 4) is 0 Å². The van der Waals surface area contributed by atoms with E-state index in [-0.39, 0.29) is 6.23 Å². The molecular weight excluding hydrogens is 270 g/mol. The number of hydrazine groups is 2. The van der Waals surface area contributed by atoms with E-state index in [0.717, 1.165) is 28.9 Å². The number of hydrogen-bond donors (Lipinski definition) is 2. The fourth-order valence-corrected chi connectivity index (χ4v) is 2.51. The van der Waals surface area contributed by atoms with Crippen LogP contribution in [-0.2, 0) is 4.74 Å². The Bertz CT molecular complexity index is 393. The lowest BCUT2D eigenvalue weighted by atomic mass is 10.1. The molecule has 16 heavy (non-hydrogen) atoms. The predicted octanol–water partition coefficient (Wildman–Crippen LogP) is 2.63. The molecule has 0 amide bonds. The van der Waals surface area contributed by atoms with Crippen LogP contribution in [0.5, 0.6) is 0 Å². The van der Waals surface area contributed by atoms with Gasteiger partial charge in [-0.25, -0.2) is 0 Å². The normalized spacial score (nSPS) is 24.1. The third-order valence-corrected chi connectivity index (χ3v) is 3.47. The lowest BCUT2D eigenvalue weighted by molar-refractivity contribution is 0.0103. The highest BCUT2D eigenvalue weighted by Crippen LogP contribution is 2.34. The number of nitrogens with zero attached hydrogens (tertiary/aromatic N) is 1. The second-order valence-electron chi connectivity index (χ2n) is 4.09. The van der Waals surface area contributed by atoms with Gasteiger partial charge in [0.1, 0.15) is 6.23 Å². The van der Waals surface area contributed by atoms with Crippen LogP contribution in [-0.4, -0.2) is 12.8 Å². The maximum atomic E-state index is 5.76. The van der Waals surface area contributed by atoms with Crippen LogP contribution >= 0.6 is 15.9 Å². The summed E-state index contributed by atoms with van der Waals surface area (Å²) >= 11 is 3.46. The number of nitrogens with one attached hydrogen (secondary N) is 2. The molecule has 2 N–H and O–H groups in total. The van der Waals surface area contributed by atoms with E-state index in [4.69, 9.17) is 4.74 Å². The van der Waals surface area contributed by atoms with Gasteiger partial charge in [-0.3, -0.25) is 5.01 Å². The minimum absolute atomic E-state index is 0.142. The van der Waals surface area contributed by atoms with E-state index in [9.17, 15) is 0 Å². The quantitative estimate of drug-likeness (QED) is 0.831. The molecule has 2 heterocycles. The molecule has 0 aromatic heterocycles. The molecular formula is C11H14BrN3O. The average Bonchev–Trinajstić information content (AvgIpc) is 2.73. The molecule has 3 rings (SSSR count). The first-order chi connectivity index (χ1) is 7.84. The monoisotopic (exact) mass is 283 g/mol. The Morgan fingerprint density at radius 2 is 2.31 bits per heavy atom. The average molecular weight is 284 g/mol. The summed E-state index contributed by atoms with van der Waals surface area (Å²) < 4.78 is 6.84. The lowest BCUT2D eigenvalue weighted by Crippen LogP contribution is -2.46. The van der Waals surface area contributed by atoms with Crippen molar-refractivity contribution in [2.75, 3.05) is 17.0 Å². The van der Waals surface area contributed by atoms with Gasteiger partial charge in [-0.15, -0.1) is 5.53 Å². The van der Waals surface area contributed by atoms with Gasteiger partial charge in [-0.05, 0) is 37.5 Å². The molecule has 0 bridgehead atoms. The first-order valence-electron chi connectivity index (χ1n) is 5.57. The third-order valence-electron chi connectivity index (χ3n) is 2.97. The van der Waals surface area contributed by atoms with Gasteiger partial charge < -0.3 is 10.2 Å². The zero-order chi connectivity index (χ0) is 11.0. The minimum Gasteiger partial charge on any atom is -0.357 e. The first kappa shape index (κ1) is 10.4. The number of ether oxygens (including phenoxy) is 1. The minimum atomic E-state index is 0.142. The Morgan fingerprint density at radius 1 is 1.38 bits per heavy atom. The van der Waals surface area contributed by atoms with Crippen molar-refractivity contribution < 1.29 is 4.74 Å². The molecule has 1 atom stereocenters. The fraction of sp³-hybridized carbons (Fsp3) is 0.455. The van der Waals surface area contributed by atoms with Gasteiger partial charge in [-0.2, -0.15) is 0 Å². The summed E-state index contributed by atoms with van der Waals surface area (Å²) in [7, 11) is 0. The highest BCUT2D eigenvalue weighted by Gasteiger charge is 2.27. The molecule has 0 aliphatic carbocycles. The Hall–Kier alpha value is -0.780. The zero-order valence-electron chi connectivity index (χ0n) is 8.87. The van der Waals surface area contributed by atoms with Crippen LogP contribution in [0.15, 0.2) is 22.7 Å². The first-order valence-corrected chi connectivity index (χ1v) is 6.36. The van der Waals surface area contributed by atoms with E-state index in [2.05, 4.69) is 44.0 Å². The number of benzene rings is 1. The molecule has 2 aliphatic heterocycles. The summed E-state index contributed by atoms with van der Waals surface area (Å²) in [6.07, 6.45) is 3.62. The van der Waals surface area contributed by atoms with Crippen LogP contribution in [0.1, 0.15) is 19.3 Å². The lowest BCUT2D eigenvalue weighted by Gasteiger charge is -2.31. The van der Waals surface area contributed by atoms with E-state index < -0.39 is 0 Å².